The highest BCUT2D eigenvalue weighted by Gasteiger charge is 2.16. The number of hydrogen-bond acceptors (Lipinski definition) is 3. The fourth-order valence-corrected chi connectivity index (χ4v) is 2.50. The van der Waals surface area contributed by atoms with Crippen molar-refractivity contribution >= 4 is 29.9 Å². The summed E-state index contributed by atoms with van der Waals surface area (Å²) in [4.78, 5) is 11.3. The summed E-state index contributed by atoms with van der Waals surface area (Å²) in [6.45, 7) is 6.99. The molecule has 0 unspecified atom stereocenters. The molecule has 1 fully saturated rings. The summed E-state index contributed by atoms with van der Waals surface area (Å²) >= 11 is 0. The van der Waals surface area contributed by atoms with Crippen LogP contribution in [0.3, 0.4) is 0 Å². The minimum absolute atomic E-state index is 0. The highest BCUT2D eigenvalue weighted by molar-refractivity contribution is 14.0. The van der Waals surface area contributed by atoms with E-state index in [-0.39, 0.29) is 24.0 Å². The number of nitrogens with one attached hydrogen (secondary N) is 2. The summed E-state index contributed by atoms with van der Waals surface area (Å²) < 4.78 is 0. The largest absolute Gasteiger partial charge is 0.357 e. The number of aliphatic imine (C=N–C) groups is 1. The number of rotatable bonds is 5. The Labute approximate surface area is 151 Å². The van der Waals surface area contributed by atoms with Crippen LogP contribution in [-0.2, 0) is 6.54 Å². The molecular formula is C16H28IN5. The minimum atomic E-state index is 0. The highest BCUT2D eigenvalue weighted by atomic mass is 127. The number of guanidine groups is 1. The normalized spacial score (nSPS) is 16.9. The van der Waals surface area contributed by atoms with E-state index in [1.54, 1.807) is 0 Å². The van der Waals surface area contributed by atoms with E-state index in [2.05, 4.69) is 39.5 Å². The Morgan fingerprint density at radius 2 is 2.09 bits per heavy atom. The summed E-state index contributed by atoms with van der Waals surface area (Å²) in [6, 6.07) is 5.93. The van der Waals surface area contributed by atoms with Gasteiger partial charge in [-0.1, -0.05) is 6.07 Å². The first-order valence-electron chi connectivity index (χ1n) is 7.88. The Morgan fingerprint density at radius 3 is 2.73 bits per heavy atom. The quantitative estimate of drug-likeness (QED) is 0.438. The van der Waals surface area contributed by atoms with Gasteiger partial charge >= 0.3 is 0 Å². The predicted octanol–water partition coefficient (Wildman–Crippen LogP) is 2.10. The standard InChI is InChI=1S/C16H27N5.HI/c1-3-17-16(20-13-15-6-4-5-9-18-15)19-12-14-7-10-21(2)11-8-14;/h4-6,9,14H,3,7-8,10-13H2,1-2H3,(H2,17,19,20);1H. The summed E-state index contributed by atoms with van der Waals surface area (Å²) in [7, 11) is 2.20. The lowest BCUT2D eigenvalue weighted by molar-refractivity contribution is 0.220. The van der Waals surface area contributed by atoms with E-state index in [4.69, 9.17) is 0 Å². The van der Waals surface area contributed by atoms with Gasteiger partial charge in [0.1, 0.15) is 0 Å². The fourth-order valence-electron chi connectivity index (χ4n) is 2.50. The first-order chi connectivity index (χ1) is 10.3. The molecule has 1 saturated heterocycles. The smallest absolute Gasteiger partial charge is 0.191 e. The molecule has 0 atom stereocenters. The first kappa shape index (κ1) is 19.2. The van der Waals surface area contributed by atoms with Gasteiger partial charge in [-0.3, -0.25) is 4.98 Å². The zero-order valence-electron chi connectivity index (χ0n) is 13.6. The van der Waals surface area contributed by atoms with Gasteiger partial charge in [-0.2, -0.15) is 0 Å². The molecule has 0 saturated carbocycles. The van der Waals surface area contributed by atoms with Gasteiger partial charge < -0.3 is 15.5 Å². The van der Waals surface area contributed by atoms with Crippen LogP contribution >= 0.6 is 24.0 Å². The van der Waals surface area contributed by atoms with Crippen LogP contribution in [0.5, 0.6) is 0 Å². The van der Waals surface area contributed by atoms with Gasteiger partial charge in [0.2, 0.25) is 0 Å². The molecule has 22 heavy (non-hydrogen) atoms. The molecule has 1 aliphatic heterocycles. The van der Waals surface area contributed by atoms with Crippen LogP contribution in [0.15, 0.2) is 29.4 Å². The van der Waals surface area contributed by atoms with E-state index in [0.29, 0.717) is 6.54 Å². The zero-order chi connectivity index (χ0) is 14.9. The van der Waals surface area contributed by atoms with Crippen molar-refractivity contribution < 1.29 is 0 Å². The molecule has 1 aliphatic rings. The molecule has 1 aromatic heterocycles. The Kier molecular flexibility index (Phi) is 9.38. The van der Waals surface area contributed by atoms with Gasteiger partial charge in [-0.25, -0.2) is 4.99 Å². The van der Waals surface area contributed by atoms with Crippen molar-refractivity contribution in [2.75, 3.05) is 33.2 Å². The van der Waals surface area contributed by atoms with Crippen LogP contribution in [0, 0.1) is 5.92 Å². The van der Waals surface area contributed by atoms with E-state index >= 15 is 0 Å². The second-order valence-corrected chi connectivity index (χ2v) is 5.64. The predicted molar refractivity (Wildman–Crippen MR) is 103 cm³/mol. The summed E-state index contributed by atoms with van der Waals surface area (Å²) in [6.07, 6.45) is 4.34. The van der Waals surface area contributed by atoms with E-state index < -0.39 is 0 Å². The molecule has 0 amide bonds. The highest BCUT2D eigenvalue weighted by Crippen LogP contribution is 2.14. The van der Waals surface area contributed by atoms with Crippen molar-refractivity contribution in [3.8, 4) is 0 Å². The van der Waals surface area contributed by atoms with Crippen LogP contribution in [0.1, 0.15) is 25.5 Å². The average molecular weight is 417 g/mol. The third kappa shape index (κ3) is 6.91. The van der Waals surface area contributed by atoms with Crippen LogP contribution in [-0.4, -0.2) is 49.1 Å². The van der Waals surface area contributed by atoms with Crippen molar-refractivity contribution in [1.82, 2.24) is 20.5 Å². The van der Waals surface area contributed by atoms with Gasteiger partial charge in [0, 0.05) is 19.3 Å². The first-order valence-corrected chi connectivity index (χ1v) is 7.88. The monoisotopic (exact) mass is 417 g/mol. The number of hydrogen-bond donors (Lipinski definition) is 2. The summed E-state index contributed by atoms with van der Waals surface area (Å²) in [5.74, 6) is 1.64. The van der Waals surface area contributed by atoms with Crippen molar-refractivity contribution in [3.63, 3.8) is 0 Å². The number of halogens is 1. The number of aromatic nitrogens is 1. The number of likely N-dealkylation sites (tertiary alicyclic amines) is 1. The minimum Gasteiger partial charge on any atom is -0.357 e. The van der Waals surface area contributed by atoms with Gasteiger partial charge in [0.05, 0.1) is 12.2 Å². The molecular weight excluding hydrogens is 389 g/mol. The second kappa shape index (κ2) is 10.8. The molecule has 0 spiro atoms. The Morgan fingerprint density at radius 1 is 1.32 bits per heavy atom. The van der Waals surface area contributed by atoms with Gasteiger partial charge in [0.15, 0.2) is 5.96 Å². The van der Waals surface area contributed by atoms with Gasteiger partial charge in [0.25, 0.3) is 0 Å². The lowest BCUT2D eigenvalue weighted by Crippen LogP contribution is -2.42. The van der Waals surface area contributed by atoms with Crippen molar-refractivity contribution in [3.05, 3.63) is 30.1 Å². The average Bonchev–Trinajstić information content (AvgIpc) is 2.52. The van der Waals surface area contributed by atoms with E-state index in [0.717, 1.165) is 30.7 Å². The lowest BCUT2D eigenvalue weighted by atomic mass is 9.97. The van der Waals surface area contributed by atoms with Crippen LogP contribution < -0.4 is 10.6 Å². The number of nitrogens with zero attached hydrogens (tertiary/aromatic N) is 3. The zero-order valence-corrected chi connectivity index (χ0v) is 15.9. The maximum atomic E-state index is 4.60. The van der Waals surface area contributed by atoms with Crippen molar-refractivity contribution in [2.24, 2.45) is 10.9 Å². The molecule has 2 N–H and O–H groups in total. The molecule has 6 heteroatoms. The maximum absolute atomic E-state index is 4.60. The Hall–Kier alpha value is -0.890. The number of pyridine rings is 1. The topological polar surface area (TPSA) is 52.6 Å². The Bertz CT molecular complexity index is 429. The Balaban J connectivity index is 0.00000242. The van der Waals surface area contributed by atoms with E-state index in [1.807, 2.05) is 24.4 Å². The van der Waals surface area contributed by atoms with Crippen molar-refractivity contribution in [1.29, 1.82) is 0 Å². The van der Waals surface area contributed by atoms with E-state index in [1.165, 1.54) is 25.9 Å². The molecule has 5 nitrogen and oxygen atoms in total. The third-order valence-electron chi connectivity index (χ3n) is 3.87. The van der Waals surface area contributed by atoms with Gasteiger partial charge in [-0.05, 0) is 58.0 Å². The fraction of sp³-hybridized carbons (Fsp3) is 0.625. The van der Waals surface area contributed by atoms with Crippen molar-refractivity contribution in [2.45, 2.75) is 26.3 Å². The molecule has 0 bridgehead atoms. The second-order valence-electron chi connectivity index (χ2n) is 5.64. The van der Waals surface area contributed by atoms with Crippen LogP contribution in [0.2, 0.25) is 0 Å². The molecule has 124 valence electrons. The molecule has 0 aromatic carbocycles. The SMILES string of the molecule is CCNC(=NCc1ccccn1)NCC1CCN(C)CC1.I. The molecule has 0 radical (unpaired) electrons. The third-order valence-corrected chi connectivity index (χ3v) is 3.87. The van der Waals surface area contributed by atoms with Gasteiger partial charge in [-0.15, -0.1) is 24.0 Å². The maximum Gasteiger partial charge on any atom is 0.191 e. The molecule has 2 rings (SSSR count). The molecule has 2 heterocycles. The summed E-state index contributed by atoms with van der Waals surface area (Å²) in [5, 5.41) is 6.77. The molecule has 1 aromatic rings. The van der Waals surface area contributed by atoms with Crippen LogP contribution in [0.25, 0.3) is 0 Å². The van der Waals surface area contributed by atoms with E-state index in [9.17, 15) is 0 Å². The molecule has 0 aliphatic carbocycles. The number of piperidine rings is 1. The summed E-state index contributed by atoms with van der Waals surface area (Å²) in [5.41, 5.74) is 0.994. The lowest BCUT2D eigenvalue weighted by Gasteiger charge is -2.29. The van der Waals surface area contributed by atoms with Crippen LogP contribution in [0.4, 0.5) is 0 Å².